The maximum absolute atomic E-state index is 13.2. The molecule has 0 saturated carbocycles. The van der Waals surface area contributed by atoms with Crippen molar-refractivity contribution in [3.05, 3.63) is 53.8 Å². The quantitative estimate of drug-likeness (QED) is 0.666. The molecular weight excluding hydrogens is 393 g/mol. The van der Waals surface area contributed by atoms with Crippen molar-refractivity contribution in [1.82, 2.24) is 4.31 Å². The molecule has 0 heterocycles. The summed E-state index contributed by atoms with van der Waals surface area (Å²) >= 11 is 0. The van der Waals surface area contributed by atoms with Crippen LogP contribution in [0.15, 0.2) is 47.4 Å². The van der Waals surface area contributed by atoms with Crippen molar-refractivity contribution in [3.63, 3.8) is 0 Å². The second-order valence-corrected chi connectivity index (χ2v) is 8.34. The van der Waals surface area contributed by atoms with E-state index in [1.54, 1.807) is 26.0 Å². The highest BCUT2D eigenvalue weighted by Gasteiger charge is 2.24. The Morgan fingerprint density at radius 2 is 1.52 bits per heavy atom. The van der Waals surface area contributed by atoms with Gasteiger partial charge in [0.05, 0.1) is 16.3 Å². The third kappa shape index (κ3) is 5.13. The number of anilines is 2. The summed E-state index contributed by atoms with van der Waals surface area (Å²) in [5.41, 5.74) is 1.41. The molecule has 0 aliphatic heterocycles. The van der Waals surface area contributed by atoms with E-state index in [2.05, 4.69) is 5.32 Å². The fourth-order valence-electron chi connectivity index (χ4n) is 3.12. The van der Waals surface area contributed by atoms with E-state index in [-0.39, 0.29) is 10.5 Å². The van der Waals surface area contributed by atoms with Crippen LogP contribution in [0.4, 0.5) is 15.8 Å². The lowest BCUT2D eigenvalue weighted by atomic mass is 10.2. The topological polar surface area (TPSA) is 69.7 Å². The van der Waals surface area contributed by atoms with Gasteiger partial charge in [0.25, 0.3) is 5.91 Å². The van der Waals surface area contributed by atoms with E-state index in [0.717, 1.165) is 5.69 Å². The van der Waals surface area contributed by atoms with Gasteiger partial charge in [-0.05, 0) is 56.3 Å². The Morgan fingerprint density at radius 3 is 2.03 bits per heavy atom. The lowest BCUT2D eigenvalue weighted by Gasteiger charge is -2.26. The molecule has 158 valence electrons. The fraction of sp³-hybridized carbons (Fsp3) is 0.381. The maximum atomic E-state index is 13.2. The first kappa shape index (κ1) is 22.8. The molecule has 1 N–H and O–H groups in total. The number of carbonyl (C=O) groups excluding carboxylic acids is 1. The molecule has 0 radical (unpaired) electrons. The third-order valence-corrected chi connectivity index (χ3v) is 6.82. The molecule has 0 saturated heterocycles. The van der Waals surface area contributed by atoms with Crippen molar-refractivity contribution in [2.24, 2.45) is 0 Å². The van der Waals surface area contributed by atoms with Gasteiger partial charge < -0.3 is 10.2 Å². The molecule has 8 heteroatoms. The summed E-state index contributed by atoms with van der Waals surface area (Å²) in [7, 11) is -3.67. The van der Waals surface area contributed by atoms with E-state index in [4.69, 9.17) is 0 Å². The number of amides is 1. The molecule has 2 aromatic carbocycles. The standard InChI is InChI=1S/C21H28FN3O3S/c1-5-24(6-2)20-14-13-18(29(27,28)25(7-3)8-4)15-19(20)23-21(26)16-9-11-17(22)12-10-16/h9-15H,5-8H2,1-4H3,(H,23,26). The van der Waals surface area contributed by atoms with Crippen molar-refractivity contribution in [2.75, 3.05) is 36.4 Å². The summed E-state index contributed by atoms with van der Waals surface area (Å²) in [6.07, 6.45) is 0. The highest BCUT2D eigenvalue weighted by molar-refractivity contribution is 7.89. The summed E-state index contributed by atoms with van der Waals surface area (Å²) in [5, 5.41) is 2.80. The van der Waals surface area contributed by atoms with E-state index in [9.17, 15) is 17.6 Å². The molecule has 0 aliphatic carbocycles. The van der Waals surface area contributed by atoms with Crippen molar-refractivity contribution in [3.8, 4) is 0 Å². The minimum atomic E-state index is -3.67. The van der Waals surface area contributed by atoms with Crippen molar-refractivity contribution >= 4 is 27.3 Å². The van der Waals surface area contributed by atoms with Crippen LogP contribution >= 0.6 is 0 Å². The summed E-state index contributed by atoms with van der Waals surface area (Å²) in [6, 6.07) is 9.96. The highest BCUT2D eigenvalue weighted by Crippen LogP contribution is 2.30. The molecular formula is C21H28FN3O3S. The zero-order valence-corrected chi connectivity index (χ0v) is 18.1. The van der Waals surface area contributed by atoms with E-state index < -0.39 is 21.7 Å². The van der Waals surface area contributed by atoms with Gasteiger partial charge in [0.1, 0.15) is 5.82 Å². The molecule has 0 fully saturated rings. The van der Waals surface area contributed by atoms with Crippen LogP contribution in [-0.4, -0.2) is 44.8 Å². The fourth-order valence-corrected chi connectivity index (χ4v) is 4.61. The second-order valence-electron chi connectivity index (χ2n) is 6.40. The van der Waals surface area contributed by atoms with Gasteiger partial charge in [-0.25, -0.2) is 12.8 Å². The van der Waals surface area contributed by atoms with Crippen LogP contribution in [-0.2, 0) is 10.0 Å². The number of benzene rings is 2. The van der Waals surface area contributed by atoms with Gasteiger partial charge in [-0.1, -0.05) is 13.8 Å². The Balaban J connectivity index is 2.50. The number of rotatable bonds is 9. The van der Waals surface area contributed by atoms with Gasteiger partial charge in [-0.15, -0.1) is 0 Å². The predicted octanol–water partition coefficient (Wildman–Crippen LogP) is 3.95. The van der Waals surface area contributed by atoms with Crippen LogP contribution < -0.4 is 10.2 Å². The van der Waals surface area contributed by atoms with Crippen LogP contribution in [0.3, 0.4) is 0 Å². The number of nitrogens with zero attached hydrogens (tertiary/aromatic N) is 2. The Morgan fingerprint density at radius 1 is 0.931 bits per heavy atom. The molecule has 0 aromatic heterocycles. The molecule has 2 rings (SSSR count). The summed E-state index contributed by atoms with van der Waals surface area (Å²) in [5.74, 6) is -0.867. The van der Waals surface area contributed by atoms with Gasteiger partial charge in [0.2, 0.25) is 10.0 Å². The van der Waals surface area contributed by atoms with Crippen molar-refractivity contribution < 1.29 is 17.6 Å². The van der Waals surface area contributed by atoms with E-state index in [1.165, 1.54) is 34.6 Å². The second kappa shape index (κ2) is 9.84. The molecule has 0 bridgehead atoms. The first-order valence-corrected chi connectivity index (χ1v) is 11.2. The van der Waals surface area contributed by atoms with E-state index >= 15 is 0 Å². The van der Waals surface area contributed by atoms with Gasteiger partial charge >= 0.3 is 0 Å². The molecule has 6 nitrogen and oxygen atoms in total. The maximum Gasteiger partial charge on any atom is 0.255 e. The van der Waals surface area contributed by atoms with E-state index in [0.29, 0.717) is 31.9 Å². The number of halogens is 1. The normalized spacial score (nSPS) is 11.5. The molecule has 0 atom stereocenters. The third-order valence-electron chi connectivity index (χ3n) is 4.77. The predicted molar refractivity (Wildman–Crippen MR) is 114 cm³/mol. The summed E-state index contributed by atoms with van der Waals surface area (Å²) < 4.78 is 40.4. The van der Waals surface area contributed by atoms with Crippen LogP contribution in [0, 0.1) is 5.82 Å². The highest BCUT2D eigenvalue weighted by atomic mass is 32.2. The number of hydrogen-bond donors (Lipinski definition) is 1. The van der Waals surface area contributed by atoms with Crippen LogP contribution in [0.25, 0.3) is 0 Å². The molecule has 0 aliphatic rings. The average Bonchev–Trinajstić information content (AvgIpc) is 2.71. The summed E-state index contributed by atoms with van der Waals surface area (Å²) in [4.78, 5) is 14.8. The molecule has 29 heavy (non-hydrogen) atoms. The van der Waals surface area contributed by atoms with Crippen LogP contribution in [0.5, 0.6) is 0 Å². The number of nitrogens with one attached hydrogen (secondary N) is 1. The Hall–Kier alpha value is -2.45. The number of hydrogen-bond acceptors (Lipinski definition) is 4. The van der Waals surface area contributed by atoms with Crippen molar-refractivity contribution in [1.29, 1.82) is 0 Å². The van der Waals surface area contributed by atoms with Gasteiger partial charge in [-0.3, -0.25) is 4.79 Å². The first-order chi connectivity index (χ1) is 13.8. The summed E-state index contributed by atoms with van der Waals surface area (Å²) in [6.45, 7) is 9.62. The molecule has 1 amide bonds. The Bertz CT molecular complexity index is 938. The minimum Gasteiger partial charge on any atom is -0.370 e. The lowest BCUT2D eigenvalue weighted by Crippen LogP contribution is -2.31. The number of carbonyl (C=O) groups is 1. The van der Waals surface area contributed by atoms with Crippen molar-refractivity contribution in [2.45, 2.75) is 32.6 Å². The van der Waals surface area contributed by atoms with Gasteiger partial charge in [0, 0.05) is 31.7 Å². The monoisotopic (exact) mass is 421 g/mol. The first-order valence-electron chi connectivity index (χ1n) is 9.74. The lowest BCUT2D eigenvalue weighted by molar-refractivity contribution is 0.102. The smallest absolute Gasteiger partial charge is 0.255 e. The van der Waals surface area contributed by atoms with E-state index in [1.807, 2.05) is 18.7 Å². The largest absolute Gasteiger partial charge is 0.370 e. The Kier molecular flexibility index (Phi) is 7.75. The van der Waals surface area contributed by atoms with Gasteiger partial charge in [0.15, 0.2) is 0 Å². The zero-order chi connectivity index (χ0) is 21.6. The van der Waals surface area contributed by atoms with Crippen LogP contribution in [0.1, 0.15) is 38.1 Å². The molecule has 0 spiro atoms. The van der Waals surface area contributed by atoms with Gasteiger partial charge in [-0.2, -0.15) is 4.31 Å². The molecule has 0 unspecified atom stereocenters. The Labute approximate surface area is 172 Å². The molecule has 2 aromatic rings. The average molecular weight is 422 g/mol. The zero-order valence-electron chi connectivity index (χ0n) is 17.3. The van der Waals surface area contributed by atoms with Crippen LogP contribution in [0.2, 0.25) is 0 Å². The SMILES string of the molecule is CCN(CC)c1ccc(S(=O)(=O)N(CC)CC)cc1NC(=O)c1ccc(F)cc1. The number of sulfonamides is 1. The minimum absolute atomic E-state index is 0.117.